The van der Waals surface area contributed by atoms with Crippen LogP contribution in [0.15, 0.2) is 0 Å². The second-order valence-corrected chi connectivity index (χ2v) is 4.62. The lowest BCUT2D eigenvalue weighted by molar-refractivity contribution is 0.163. The van der Waals surface area contributed by atoms with Crippen molar-refractivity contribution >= 4 is 0 Å². The average Bonchev–Trinajstić information content (AvgIpc) is 2.63. The third-order valence-electron chi connectivity index (χ3n) is 3.57. The molecule has 1 atom stereocenters. The summed E-state index contributed by atoms with van der Waals surface area (Å²) in [6.45, 7) is 3.60. The van der Waals surface area contributed by atoms with E-state index >= 15 is 0 Å². The van der Waals surface area contributed by atoms with E-state index in [1.54, 1.807) is 0 Å². The molecule has 0 spiro atoms. The lowest BCUT2D eigenvalue weighted by Crippen LogP contribution is -2.43. The molecule has 1 heterocycles. The van der Waals surface area contributed by atoms with Gasteiger partial charge in [-0.3, -0.25) is 4.90 Å². The molecule has 0 aromatic rings. The summed E-state index contributed by atoms with van der Waals surface area (Å²) in [4.78, 5) is 2.59. The Morgan fingerprint density at radius 1 is 1.21 bits per heavy atom. The summed E-state index contributed by atoms with van der Waals surface area (Å²) in [6, 6.07) is 1.11. The molecule has 3 heteroatoms. The topological polar surface area (TPSA) is 35.5 Å². The van der Waals surface area contributed by atoms with Gasteiger partial charge in [0, 0.05) is 18.6 Å². The van der Waals surface area contributed by atoms with E-state index < -0.39 is 0 Å². The predicted molar refractivity (Wildman–Crippen MR) is 57.3 cm³/mol. The van der Waals surface area contributed by atoms with Crippen molar-refractivity contribution in [3.63, 3.8) is 0 Å². The highest BCUT2D eigenvalue weighted by atomic mass is 16.3. The summed E-state index contributed by atoms with van der Waals surface area (Å²) in [5, 5.41) is 12.6. The fraction of sp³-hybridized carbons (Fsp3) is 1.00. The van der Waals surface area contributed by atoms with Gasteiger partial charge < -0.3 is 10.4 Å². The molecule has 2 rings (SSSR count). The first-order chi connectivity index (χ1) is 6.90. The highest BCUT2D eigenvalue weighted by Gasteiger charge is 2.25. The van der Waals surface area contributed by atoms with Crippen molar-refractivity contribution in [2.75, 3.05) is 26.2 Å². The van der Waals surface area contributed by atoms with Gasteiger partial charge in [0.15, 0.2) is 0 Å². The minimum Gasteiger partial charge on any atom is -0.395 e. The number of hydrogen-bond donors (Lipinski definition) is 2. The largest absolute Gasteiger partial charge is 0.395 e. The summed E-state index contributed by atoms with van der Waals surface area (Å²) >= 11 is 0. The van der Waals surface area contributed by atoms with E-state index in [0.29, 0.717) is 6.04 Å². The fourth-order valence-corrected chi connectivity index (χ4v) is 2.75. The van der Waals surface area contributed by atoms with Crippen LogP contribution in [-0.2, 0) is 0 Å². The second-order valence-electron chi connectivity index (χ2n) is 4.62. The van der Waals surface area contributed by atoms with Crippen LogP contribution in [0.1, 0.15) is 32.1 Å². The lowest BCUT2D eigenvalue weighted by atomic mass is 10.2. The molecule has 1 unspecified atom stereocenters. The van der Waals surface area contributed by atoms with E-state index in [4.69, 9.17) is 0 Å². The van der Waals surface area contributed by atoms with Crippen molar-refractivity contribution in [2.45, 2.75) is 44.2 Å². The molecule has 0 bridgehead atoms. The van der Waals surface area contributed by atoms with Crippen LogP contribution in [0.25, 0.3) is 0 Å². The molecule has 82 valence electrons. The fourth-order valence-electron chi connectivity index (χ4n) is 2.75. The van der Waals surface area contributed by atoms with Crippen molar-refractivity contribution in [1.29, 1.82) is 0 Å². The maximum Gasteiger partial charge on any atom is 0.0597 e. The maximum absolute atomic E-state index is 9.19. The van der Waals surface area contributed by atoms with Gasteiger partial charge >= 0.3 is 0 Å². The molecule has 1 aliphatic carbocycles. The van der Waals surface area contributed by atoms with Crippen LogP contribution in [0.4, 0.5) is 0 Å². The number of nitrogens with zero attached hydrogens (tertiary/aromatic N) is 1. The molecular formula is C11H22N2O. The Balaban J connectivity index is 1.88. The van der Waals surface area contributed by atoms with E-state index in [9.17, 15) is 5.11 Å². The molecule has 0 aromatic heterocycles. The Bertz CT molecular complexity index is 169. The first-order valence-electron chi connectivity index (χ1n) is 5.98. The Labute approximate surface area is 86.5 Å². The van der Waals surface area contributed by atoms with Crippen LogP contribution in [-0.4, -0.2) is 48.3 Å². The molecule has 2 aliphatic rings. The highest BCUT2D eigenvalue weighted by Crippen LogP contribution is 2.24. The molecule has 2 fully saturated rings. The van der Waals surface area contributed by atoms with Crippen LogP contribution in [0.3, 0.4) is 0 Å². The third-order valence-corrected chi connectivity index (χ3v) is 3.57. The summed E-state index contributed by atoms with van der Waals surface area (Å²) < 4.78 is 0. The SMILES string of the molecule is OCC1CN(C2CCCC2)CCCN1. The minimum atomic E-state index is 0.281. The molecule has 1 saturated carbocycles. The van der Waals surface area contributed by atoms with Gasteiger partial charge in [0.25, 0.3) is 0 Å². The molecule has 2 N–H and O–H groups in total. The summed E-state index contributed by atoms with van der Waals surface area (Å²) in [5.41, 5.74) is 0. The molecule has 1 aliphatic heterocycles. The number of aliphatic hydroxyl groups excluding tert-OH is 1. The smallest absolute Gasteiger partial charge is 0.0597 e. The van der Waals surface area contributed by atoms with E-state index in [2.05, 4.69) is 10.2 Å². The number of nitrogens with one attached hydrogen (secondary N) is 1. The zero-order valence-electron chi connectivity index (χ0n) is 8.91. The number of hydrogen-bond acceptors (Lipinski definition) is 3. The molecule has 0 aromatic carbocycles. The van der Waals surface area contributed by atoms with E-state index in [0.717, 1.165) is 19.1 Å². The van der Waals surface area contributed by atoms with Crippen LogP contribution in [0.5, 0.6) is 0 Å². The standard InChI is InChI=1S/C11H22N2O/c14-9-10-8-13(7-3-6-12-10)11-4-1-2-5-11/h10-12,14H,1-9H2. The van der Waals surface area contributed by atoms with Gasteiger partial charge in [-0.2, -0.15) is 0 Å². The number of aliphatic hydroxyl groups is 1. The summed E-state index contributed by atoms with van der Waals surface area (Å²) in [5.74, 6) is 0. The molecule has 14 heavy (non-hydrogen) atoms. The van der Waals surface area contributed by atoms with E-state index in [1.165, 1.54) is 38.6 Å². The van der Waals surface area contributed by atoms with Gasteiger partial charge in [0.05, 0.1) is 6.61 Å². The Morgan fingerprint density at radius 2 is 2.00 bits per heavy atom. The zero-order chi connectivity index (χ0) is 9.80. The first-order valence-corrected chi connectivity index (χ1v) is 5.98. The molecule has 3 nitrogen and oxygen atoms in total. The van der Waals surface area contributed by atoms with Gasteiger partial charge in [0.2, 0.25) is 0 Å². The predicted octanol–water partition coefficient (Wildman–Crippen LogP) is 0.585. The molecular weight excluding hydrogens is 176 g/mol. The first kappa shape index (κ1) is 10.4. The zero-order valence-corrected chi connectivity index (χ0v) is 8.91. The quantitative estimate of drug-likeness (QED) is 0.681. The van der Waals surface area contributed by atoms with E-state index in [-0.39, 0.29) is 6.61 Å². The van der Waals surface area contributed by atoms with Crippen molar-refractivity contribution < 1.29 is 5.11 Å². The van der Waals surface area contributed by atoms with Gasteiger partial charge in [-0.25, -0.2) is 0 Å². The average molecular weight is 198 g/mol. The number of rotatable bonds is 2. The van der Waals surface area contributed by atoms with Crippen LogP contribution in [0, 0.1) is 0 Å². The van der Waals surface area contributed by atoms with Crippen LogP contribution in [0.2, 0.25) is 0 Å². The maximum atomic E-state index is 9.19. The highest BCUT2D eigenvalue weighted by molar-refractivity contribution is 4.83. The Hall–Kier alpha value is -0.120. The normalized spacial score (nSPS) is 31.9. The third kappa shape index (κ3) is 2.47. The van der Waals surface area contributed by atoms with Gasteiger partial charge in [-0.1, -0.05) is 12.8 Å². The van der Waals surface area contributed by atoms with Gasteiger partial charge in [0.1, 0.15) is 0 Å². The monoisotopic (exact) mass is 198 g/mol. The molecule has 0 radical (unpaired) electrons. The summed E-state index contributed by atoms with van der Waals surface area (Å²) in [7, 11) is 0. The van der Waals surface area contributed by atoms with Gasteiger partial charge in [-0.15, -0.1) is 0 Å². The van der Waals surface area contributed by atoms with Crippen molar-refractivity contribution in [3.05, 3.63) is 0 Å². The van der Waals surface area contributed by atoms with Gasteiger partial charge in [-0.05, 0) is 32.4 Å². The summed E-state index contributed by atoms with van der Waals surface area (Å²) in [6.07, 6.45) is 6.78. The van der Waals surface area contributed by atoms with Crippen molar-refractivity contribution in [3.8, 4) is 0 Å². The van der Waals surface area contributed by atoms with Crippen molar-refractivity contribution in [1.82, 2.24) is 10.2 Å². The minimum absolute atomic E-state index is 0.281. The second kappa shape index (κ2) is 5.10. The van der Waals surface area contributed by atoms with E-state index in [1.807, 2.05) is 0 Å². The Morgan fingerprint density at radius 3 is 2.71 bits per heavy atom. The van der Waals surface area contributed by atoms with Crippen LogP contribution >= 0.6 is 0 Å². The molecule has 1 saturated heterocycles. The molecule has 0 amide bonds. The van der Waals surface area contributed by atoms with Crippen molar-refractivity contribution in [2.24, 2.45) is 0 Å². The lowest BCUT2D eigenvalue weighted by Gasteiger charge is -2.29. The Kier molecular flexibility index (Phi) is 3.79. The van der Waals surface area contributed by atoms with Crippen LogP contribution < -0.4 is 5.32 Å².